The molecule has 0 spiro atoms. The molecule has 9 nitrogen and oxygen atoms in total. The quantitative estimate of drug-likeness (QED) is 0.646. The lowest BCUT2D eigenvalue weighted by Crippen LogP contribution is -2.50. The average molecular weight is 286 g/mol. The smallest absolute Gasteiger partial charge is 0.229 e. The van der Waals surface area contributed by atoms with E-state index >= 15 is 0 Å². The second-order valence-corrected chi connectivity index (χ2v) is 4.78. The third-order valence-electron chi connectivity index (χ3n) is 3.72. The number of ether oxygens (including phenoxy) is 1. The Morgan fingerprint density at radius 3 is 2.95 bits per heavy atom. The molecule has 0 aliphatic carbocycles. The minimum absolute atomic E-state index is 0.517. The highest BCUT2D eigenvalue weighted by Gasteiger charge is 2.38. The van der Waals surface area contributed by atoms with Gasteiger partial charge in [-0.2, -0.15) is 19.9 Å². The van der Waals surface area contributed by atoms with Gasteiger partial charge in [0.2, 0.25) is 11.8 Å². The van der Waals surface area contributed by atoms with E-state index in [-0.39, 0.29) is 0 Å². The van der Waals surface area contributed by atoms with Crippen LogP contribution in [0.4, 0.5) is 5.95 Å². The van der Waals surface area contributed by atoms with Crippen molar-refractivity contribution in [3.8, 4) is 5.69 Å². The van der Waals surface area contributed by atoms with Crippen LogP contribution in [0.15, 0.2) is 18.7 Å². The van der Waals surface area contributed by atoms with Crippen LogP contribution in [0, 0.1) is 0 Å². The Kier molecular flexibility index (Phi) is 2.33. The summed E-state index contributed by atoms with van der Waals surface area (Å²) in [5, 5.41) is 12.5. The van der Waals surface area contributed by atoms with E-state index in [0.29, 0.717) is 11.5 Å². The van der Waals surface area contributed by atoms with Gasteiger partial charge in [0, 0.05) is 19.9 Å². The van der Waals surface area contributed by atoms with Gasteiger partial charge < -0.3 is 10.1 Å². The lowest BCUT2D eigenvalue weighted by Gasteiger charge is -2.34. The average Bonchev–Trinajstić information content (AvgIpc) is 3.12. The van der Waals surface area contributed by atoms with Gasteiger partial charge in [-0.15, -0.1) is 0 Å². The number of aromatic nitrogens is 6. The normalized spacial score (nSPS) is 20.1. The Balaban J connectivity index is 2.12. The Labute approximate surface area is 119 Å². The Bertz CT molecular complexity index is 837. The lowest BCUT2D eigenvalue weighted by molar-refractivity contribution is 0.0132. The van der Waals surface area contributed by atoms with Crippen molar-refractivity contribution in [3.63, 3.8) is 0 Å². The van der Waals surface area contributed by atoms with E-state index in [2.05, 4.69) is 25.5 Å². The predicted molar refractivity (Wildman–Crippen MR) is 74.6 cm³/mol. The highest BCUT2D eigenvalue weighted by molar-refractivity contribution is 5.87. The Morgan fingerprint density at radius 2 is 2.19 bits per heavy atom. The van der Waals surface area contributed by atoms with E-state index in [1.165, 1.54) is 13.4 Å². The minimum Gasteiger partial charge on any atom is -0.342 e. The molecule has 0 bridgehead atoms. The number of anilines is 1. The zero-order chi connectivity index (χ0) is 14.6. The molecular formula is C12H14N8O. The van der Waals surface area contributed by atoms with Crippen LogP contribution in [0.5, 0.6) is 0 Å². The molecule has 4 rings (SSSR count). The number of fused-ring (bicyclic) bond motifs is 5. The maximum atomic E-state index is 6.29. The van der Waals surface area contributed by atoms with Gasteiger partial charge in [-0.1, -0.05) is 0 Å². The van der Waals surface area contributed by atoms with E-state index in [4.69, 9.17) is 10.5 Å². The number of aryl methyl sites for hydroxylation is 1. The first-order chi connectivity index (χ1) is 10.2. The number of nitrogens with one attached hydrogen (secondary N) is 1. The number of rotatable bonds is 2. The van der Waals surface area contributed by atoms with Crippen molar-refractivity contribution in [1.29, 1.82) is 0 Å². The molecule has 21 heavy (non-hydrogen) atoms. The fraction of sp³-hybridized carbons (Fsp3) is 0.333. The van der Waals surface area contributed by atoms with Gasteiger partial charge >= 0.3 is 0 Å². The van der Waals surface area contributed by atoms with Crippen LogP contribution in [0.3, 0.4) is 0 Å². The second kappa shape index (κ2) is 3.99. The molecule has 1 aliphatic rings. The van der Waals surface area contributed by atoms with Crippen molar-refractivity contribution in [2.75, 3.05) is 12.4 Å². The van der Waals surface area contributed by atoms with Crippen LogP contribution >= 0.6 is 0 Å². The molecular weight excluding hydrogens is 272 g/mol. The molecule has 4 heterocycles. The first kappa shape index (κ1) is 12.2. The summed E-state index contributed by atoms with van der Waals surface area (Å²) in [5.74, 6) is -0.683. The molecule has 1 atom stereocenters. The van der Waals surface area contributed by atoms with Gasteiger partial charge in [-0.3, -0.25) is 5.73 Å². The van der Waals surface area contributed by atoms with Crippen LogP contribution in [-0.2, 0) is 17.1 Å². The molecule has 9 heteroatoms. The van der Waals surface area contributed by atoms with Crippen LogP contribution in [0.1, 0.15) is 12.5 Å². The molecule has 1 aliphatic heterocycles. The Hall–Kier alpha value is -2.52. The number of nitrogens with two attached hydrogens (primary N) is 1. The highest BCUT2D eigenvalue weighted by atomic mass is 16.5. The second-order valence-electron chi connectivity index (χ2n) is 4.78. The maximum absolute atomic E-state index is 6.29. The minimum atomic E-state index is -1.20. The van der Waals surface area contributed by atoms with Crippen molar-refractivity contribution in [3.05, 3.63) is 24.3 Å². The van der Waals surface area contributed by atoms with Gasteiger partial charge in [-0.05, 0) is 6.92 Å². The van der Waals surface area contributed by atoms with Crippen molar-refractivity contribution in [2.24, 2.45) is 5.73 Å². The van der Waals surface area contributed by atoms with Crippen molar-refractivity contribution < 1.29 is 4.74 Å². The van der Waals surface area contributed by atoms with Gasteiger partial charge in [0.05, 0.1) is 22.8 Å². The summed E-state index contributed by atoms with van der Waals surface area (Å²) in [5.41, 5.74) is 8.54. The van der Waals surface area contributed by atoms with Crippen LogP contribution in [-0.4, -0.2) is 36.6 Å². The van der Waals surface area contributed by atoms with Gasteiger partial charge in [0.15, 0.2) is 5.65 Å². The number of hydrogen-bond acceptors (Lipinski definition) is 7. The molecule has 3 N–H and O–H groups in total. The number of nitrogens with zero attached hydrogens (tertiary/aromatic N) is 6. The molecule has 1 unspecified atom stereocenters. The summed E-state index contributed by atoms with van der Waals surface area (Å²) < 4.78 is 8.94. The third kappa shape index (κ3) is 1.46. The first-order valence-corrected chi connectivity index (χ1v) is 6.55. The Morgan fingerprint density at radius 1 is 1.33 bits per heavy atom. The van der Waals surface area contributed by atoms with Crippen molar-refractivity contribution >= 4 is 17.0 Å². The van der Waals surface area contributed by atoms with Crippen molar-refractivity contribution in [1.82, 2.24) is 29.5 Å². The zero-order valence-electron chi connectivity index (χ0n) is 11.6. The van der Waals surface area contributed by atoms with Crippen LogP contribution in [0.2, 0.25) is 0 Å². The maximum Gasteiger partial charge on any atom is 0.229 e. The standard InChI is InChI=1S/C12H14N8O/c1-3-19-10-7(4-16-19)9-8(5-14-10)12(13,21-2)18-11-15-6-17-20(9)11/h4-6H,3,13H2,1-2H3,(H,15,17,18). The van der Waals surface area contributed by atoms with Crippen LogP contribution < -0.4 is 11.1 Å². The summed E-state index contributed by atoms with van der Waals surface area (Å²) in [4.78, 5) is 8.63. The number of methoxy groups -OCH3 is 1. The summed E-state index contributed by atoms with van der Waals surface area (Å²) >= 11 is 0. The molecule has 3 aromatic heterocycles. The molecule has 0 saturated carbocycles. The summed E-state index contributed by atoms with van der Waals surface area (Å²) in [7, 11) is 1.53. The summed E-state index contributed by atoms with van der Waals surface area (Å²) in [6.45, 7) is 2.74. The fourth-order valence-corrected chi connectivity index (χ4v) is 2.63. The zero-order valence-corrected chi connectivity index (χ0v) is 11.6. The fourth-order valence-electron chi connectivity index (χ4n) is 2.63. The molecule has 108 valence electrons. The lowest BCUT2D eigenvalue weighted by atomic mass is 10.1. The van der Waals surface area contributed by atoms with E-state index in [1.807, 2.05) is 11.6 Å². The molecule has 0 saturated heterocycles. The van der Waals surface area contributed by atoms with E-state index < -0.39 is 5.85 Å². The van der Waals surface area contributed by atoms with Gasteiger partial charge in [0.25, 0.3) is 0 Å². The monoisotopic (exact) mass is 286 g/mol. The van der Waals surface area contributed by atoms with E-state index in [1.54, 1.807) is 17.1 Å². The predicted octanol–water partition coefficient (Wildman–Crippen LogP) is 0.173. The molecule has 0 amide bonds. The van der Waals surface area contributed by atoms with E-state index in [9.17, 15) is 0 Å². The molecule has 0 fully saturated rings. The largest absolute Gasteiger partial charge is 0.342 e. The van der Waals surface area contributed by atoms with E-state index in [0.717, 1.165) is 23.3 Å². The number of hydrogen-bond donors (Lipinski definition) is 2. The highest BCUT2D eigenvalue weighted by Crippen LogP contribution is 2.36. The van der Waals surface area contributed by atoms with Gasteiger partial charge in [-0.25, -0.2) is 9.67 Å². The summed E-state index contributed by atoms with van der Waals surface area (Å²) in [6, 6.07) is 0. The topological polar surface area (TPSA) is 109 Å². The van der Waals surface area contributed by atoms with Crippen molar-refractivity contribution in [2.45, 2.75) is 19.3 Å². The first-order valence-electron chi connectivity index (χ1n) is 6.55. The summed E-state index contributed by atoms with van der Waals surface area (Å²) in [6.07, 6.45) is 4.91. The van der Waals surface area contributed by atoms with Gasteiger partial charge in [0.1, 0.15) is 6.33 Å². The number of pyridine rings is 1. The van der Waals surface area contributed by atoms with Crippen LogP contribution in [0.25, 0.3) is 16.7 Å². The SMILES string of the molecule is CCn1ncc2c3c(cnc21)C(N)(OC)Nc1ncnn1-3. The molecule has 0 radical (unpaired) electrons. The molecule has 3 aromatic rings. The third-order valence-corrected chi connectivity index (χ3v) is 3.72. The molecule has 0 aromatic carbocycles.